The molecule has 172 valence electrons. The Bertz CT molecular complexity index is 1080. The highest BCUT2D eigenvalue weighted by Crippen LogP contribution is 2.34. The molecule has 0 aliphatic carbocycles. The number of hydrogen-bond donors (Lipinski definition) is 1. The van der Waals surface area contributed by atoms with Crippen molar-refractivity contribution < 1.29 is 14.4 Å². The minimum absolute atomic E-state index is 0.135. The van der Waals surface area contributed by atoms with E-state index in [0.717, 1.165) is 30.3 Å². The molecule has 0 saturated carbocycles. The van der Waals surface area contributed by atoms with Crippen molar-refractivity contribution in [3.63, 3.8) is 0 Å². The fourth-order valence-electron chi connectivity index (χ4n) is 3.77. The monoisotopic (exact) mass is 450 g/mol. The Labute approximate surface area is 191 Å². The molecular formula is C23H26N6O4. The van der Waals surface area contributed by atoms with Crippen molar-refractivity contribution in [2.24, 2.45) is 0 Å². The van der Waals surface area contributed by atoms with Crippen molar-refractivity contribution >= 4 is 28.7 Å². The Balaban J connectivity index is 1.50. The summed E-state index contributed by atoms with van der Waals surface area (Å²) in [6, 6.07) is 15.1. The number of nitrogens with zero attached hydrogens (tertiary/aromatic N) is 5. The van der Waals surface area contributed by atoms with Gasteiger partial charge >= 0.3 is 5.69 Å². The van der Waals surface area contributed by atoms with Crippen LogP contribution < -0.4 is 24.6 Å². The molecular weight excluding hydrogens is 424 g/mol. The SMILES string of the molecule is CCOc1ccc(Nc2ncnc(N3CCN(c4ccc(OC)cc4)CC3)c2[N+](=O)[O-])cc1. The quantitative estimate of drug-likeness (QED) is 0.404. The predicted octanol–water partition coefficient (Wildman–Crippen LogP) is 3.86. The van der Waals surface area contributed by atoms with Crippen LogP contribution in [0.4, 0.5) is 28.7 Å². The Morgan fingerprint density at radius 2 is 1.61 bits per heavy atom. The normalized spacial score (nSPS) is 13.5. The number of nitro groups is 1. The van der Waals surface area contributed by atoms with E-state index in [1.54, 1.807) is 31.4 Å². The van der Waals surface area contributed by atoms with Crippen LogP contribution in [0, 0.1) is 10.1 Å². The summed E-state index contributed by atoms with van der Waals surface area (Å²) >= 11 is 0. The van der Waals surface area contributed by atoms with Crippen LogP contribution in [-0.2, 0) is 0 Å². The Morgan fingerprint density at radius 1 is 0.970 bits per heavy atom. The molecule has 0 atom stereocenters. The molecule has 1 aromatic heterocycles. The van der Waals surface area contributed by atoms with Crippen LogP contribution in [0.2, 0.25) is 0 Å². The van der Waals surface area contributed by atoms with Gasteiger partial charge in [0.05, 0.1) is 18.6 Å². The minimum atomic E-state index is -0.428. The van der Waals surface area contributed by atoms with Gasteiger partial charge in [-0.1, -0.05) is 0 Å². The van der Waals surface area contributed by atoms with E-state index in [4.69, 9.17) is 9.47 Å². The summed E-state index contributed by atoms with van der Waals surface area (Å²) in [6.07, 6.45) is 1.36. The molecule has 0 spiro atoms. The third kappa shape index (κ3) is 5.05. The first-order valence-electron chi connectivity index (χ1n) is 10.7. The van der Waals surface area contributed by atoms with Crippen LogP contribution in [0.5, 0.6) is 11.5 Å². The van der Waals surface area contributed by atoms with E-state index in [-0.39, 0.29) is 11.5 Å². The summed E-state index contributed by atoms with van der Waals surface area (Å²) in [5, 5.41) is 15.0. The first-order chi connectivity index (χ1) is 16.1. The molecule has 1 N–H and O–H groups in total. The molecule has 0 amide bonds. The second kappa shape index (κ2) is 10.0. The molecule has 1 fully saturated rings. The molecule has 1 aliphatic heterocycles. The number of benzene rings is 2. The number of hydrogen-bond acceptors (Lipinski definition) is 9. The second-order valence-corrected chi connectivity index (χ2v) is 7.41. The van der Waals surface area contributed by atoms with Crippen LogP contribution in [0.3, 0.4) is 0 Å². The van der Waals surface area contributed by atoms with Gasteiger partial charge in [-0.25, -0.2) is 9.97 Å². The number of rotatable bonds is 8. The lowest BCUT2D eigenvalue weighted by molar-refractivity contribution is -0.383. The highest BCUT2D eigenvalue weighted by Gasteiger charge is 2.29. The number of nitrogens with one attached hydrogen (secondary N) is 1. The number of methoxy groups -OCH3 is 1. The lowest BCUT2D eigenvalue weighted by Crippen LogP contribution is -2.47. The fraction of sp³-hybridized carbons (Fsp3) is 0.304. The third-order valence-corrected chi connectivity index (χ3v) is 5.43. The van der Waals surface area contributed by atoms with E-state index in [0.29, 0.717) is 31.2 Å². The van der Waals surface area contributed by atoms with E-state index in [1.165, 1.54) is 6.33 Å². The smallest absolute Gasteiger partial charge is 0.353 e. The van der Waals surface area contributed by atoms with Crippen LogP contribution >= 0.6 is 0 Å². The predicted molar refractivity (Wildman–Crippen MR) is 127 cm³/mol. The number of piperazine rings is 1. The zero-order chi connectivity index (χ0) is 23.2. The van der Waals surface area contributed by atoms with Gasteiger partial charge in [0.1, 0.15) is 17.8 Å². The molecule has 4 rings (SSSR count). The van der Waals surface area contributed by atoms with Gasteiger partial charge in [0, 0.05) is 37.6 Å². The summed E-state index contributed by atoms with van der Waals surface area (Å²) < 4.78 is 10.7. The number of ether oxygens (including phenoxy) is 2. The van der Waals surface area contributed by atoms with Crippen molar-refractivity contribution in [1.82, 2.24) is 9.97 Å². The van der Waals surface area contributed by atoms with Gasteiger partial charge in [0.2, 0.25) is 11.6 Å². The largest absolute Gasteiger partial charge is 0.497 e. The Hall–Kier alpha value is -4.08. The van der Waals surface area contributed by atoms with Crippen molar-refractivity contribution in [2.45, 2.75) is 6.92 Å². The zero-order valence-electron chi connectivity index (χ0n) is 18.6. The van der Waals surface area contributed by atoms with Crippen LogP contribution in [-0.4, -0.2) is 54.8 Å². The van der Waals surface area contributed by atoms with Crippen molar-refractivity contribution in [2.75, 3.05) is 55.0 Å². The van der Waals surface area contributed by atoms with Crippen molar-refractivity contribution in [3.05, 3.63) is 65.0 Å². The second-order valence-electron chi connectivity index (χ2n) is 7.41. The molecule has 0 unspecified atom stereocenters. The van der Waals surface area contributed by atoms with E-state index >= 15 is 0 Å². The van der Waals surface area contributed by atoms with Gasteiger partial charge in [0.25, 0.3) is 0 Å². The lowest BCUT2D eigenvalue weighted by Gasteiger charge is -2.36. The molecule has 33 heavy (non-hydrogen) atoms. The topological polar surface area (TPSA) is 106 Å². The first kappa shape index (κ1) is 22.1. The standard InChI is InChI=1S/C23H26N6O4/c1-3-33-20-8-4-17(5-9-20)26-22-21(29(30)31)23(25-16-24-22)28-14-12-27(13-15-28)18-6-10-19(32-2)11-7-18/h4-11,16H,3,12-15H2,1-2H3,(H,24,25,26). The van der Waals surface area contributed by atoms with E-state index in [9.17, 15) is 10.1 Å². The molecule has 0 radical (unpaired) electrons. The highest BCUT2D eigenvalue weighted by atomic mass is 16.6. The molecule has 10 nitrogen and oxygen atoms in total. The van der Waals surface area contributed by atoms with Gasteiger partial charge < -0.3 is 24.6 Å². The molecule has 2 heterocycles. The van der Waals surface area contributed by atoms with Gasteiger partial charge in [-0.05, 0) is 55.5 Å². The maximum atomic E-state index is 12.0. The average Bonchev–Trinajstić information content (AvgIpc) is 2.85. The van der Waals surface area contributed by atoms with Gasteiger partial charge in [-0.15, -0.1) is 0 Å². The van der Waals surface area contributed by atoms with Gasteiger partial charge in [0.15, 0.2) is 0 Å². The summed E-state index contributed by atoms with van der Waals surface area (Å²) in [5.74, 6) is 2.02. The maximum Gasteiger partial charge on any atom is 0.353 e. The molecule has 3 aromatic rings. The molecule has 1 saturated heterocycles. The van der Waals surface area contributed by atoms with E-state index in [1.807, 2.05) is 36.1 Å². The van der Waals surface area contributed by atoms with Crippen LogP contribution in [0.1, 0.15) is 6.92 Å². The van der Waals surface area contributed by atoms with Gasteiger partial charge in [-0.3, -0.25) is 10.1 Å². The number of aromatic nitrogens is 2. The average molecular weight is 450 g/mol. The van der Waals surface area contributed by atoms with E-state index in [2.05, 4.69) is 20.2 Å². The minimum Gasteiger partial charge on any atom is -0.497 e. The lowest BCUT2D eigenvalue weighted by atomic mass is 10.2. The van der Waals surface area contributed by atoms with Crippen molar-refractivity contribution in [3.8, 4) is 11.5 Å². The molecule has 10 heteroatoms. The van der Waals surface area contributed by atoms with Gasteiger partial charge in [-0.2, -0.15) is 0 Å². The highest BCUT2D eigenvalue weighted by molar-refractivity contribution is 5.74. The summed E-state index contributed by atoms with van der Waals surface area (Å²) in [4.78, 5) is 24.1. The fourth-order valence-corrected chi connectivity index (χ4v) is 3.77. The summed E-state index contributed by atoms with van der Waals surface area (Å²) in [6.45, 7) is 5.12. The Morgan fingerprint density at radius 3 is 2.21 bits per heavy atom. The molecule has 1 aliphatic rings. The van der Waals surface area contributed by atoms with E-state index < -0.39 is 4.92 Å². The summed E-state index contributed by atoms with van der Waals surface area (Å²) in [7, 11) is 1.64. The zero-order valence-corrected chi connectivity index (χ0v) is 18.6. The maximum absolute atomic E-state index is 12.0. The molecule has 2 aromatic carbocycles. The number of anilines is 4. The molecule has 0 bridgehead atoms. The first-order valence-corrected chi connectivity index (χ1v) is 10.7. The van der Waals surface area contributed by atoms with Crippen LogP contribution in [0.25, 0.3) is 0 Å². The van der Waals surface area contributed by atoms with Crippen LogP contribution in [0.15, 0.2) is 54.9 Å². The summed E-state index contributed by atoms with van der Waals surface area (Å²) in [5.41, 5.74) is 1.63. The third-order valence-electron chi connectivity index (χ3n) is 5.43. The Kier molecular flexibility index (Phi) is 6.72. The van der Waals surface area contributed by atoms with Crippen molar-refractivity contribution in [1.29, 1.82) is 0 Å².